The number of hydrogen-bond acceptors (Lipinski definition) is 7. The Bertz CT molecular complexity index is 1260. The highest BCUT2D eigenvalue weighted by Gasteiger charge is 2.36. The molecule has 40 heavy (non-hydrogen) atoms. The lowest BCUT2D eigenvalue weighted by atomic mass is 9.94. The highest BCUT2D eigenvalue weighted by Crippen LogP contribution is 2.43. The highest BCUT2D eigenvalue weighted by molar-refractivity contribution is 7.90. The van der Waals surface area contributed by atoms with E-state index in [1.165, 1.54) is 0 Å². The molecule has 3 rings (SSSR count). The summed E-state index contributed by atoms with van der Waals surface area (Å²) in [6, 6.07) is 0. The smallest absolute Gasteiger partial charge is 0.410 e. The first kappa shape index (κ1) is 31.5. The minimum absolute atomic E-state index is 0.0182. The summed E-state index contributed by atoms with van der Waals surface area (Å²) in [5, 5.41) is 11.0. The van der Waals surface area contributed by atoms with Gasteiger partial charge in [-0.15, -0.1) is 0 Å². The molecule has 0 saturated carbocycles. The van der Waals surface area contributed by atoms with E-state index >= 15 is 0 Å². The maximum atomic E-state index is 13.3. The minimum Gasteiger partial charge on any atom is -0.487 e. The quantitative estimate of drug-likeness (QED) is 0.255. The molecule has 0 aromatic heterocycles. The van der Waals surface area contributed by atoms with E-state index in [9.17, 15) is 18.0 Å². The number of nitrogens with zero attached hydrogens (tertiary/aromatic N) is 2. The Hall–Kier alpha value is -3.02. The molecule has 0 radical (unpaired) electrons. The van der Waals surface area contributed by atoms with Gasteiger partial charge >= 0.3 is 6.09 Å². The van der Waals surface area contributed by atoms with Crippen LogP contribution < -0.4 is 14.8 Å². The third-order valence-electron chi connectivity index (χ3n) is 7.20. The van der Waals surface area contributed by atoms with Crippen molar-refractivity contribution in [2.75, 3.05) is 32.7 Å². The van der Waals surface area contributed by atoms with E-state index in [0.29, 0.717) is 69.5 Å². The number of benzene rings is 1. The number of fused-ring (bicyclic) bond motifs is 1. The molecule has 2 aliphatic heterocycles. The van der Waals surface area contributed by atoms with Gasteiger partial charge in [-0.25, -0.2) is 17.9 Å². The van der Waals surface area contributed by atoms with Crippen molar-refractivity contribution in [3.63, 3.8) is 0 Å². The number of ether oxygens (including phenoxy) is 2. The Kier molecular flexibility index (Phi) is 9.33. The number of rotatable bonds is 7. The van der Waals surface area contributed by atoms with Gasteiger partial charge in [0, 0.05) is 51.1 Å². The fourth-order valence-electron chi connectivity index (χ4n) is 5.11. The molecule has 11 nitrogen and oxygen atoms in total. The zero-order valence-electron chi connectivity index (χ0n) is 25.1. The van der Waals surface area contributed by atoms with Crippen molar-refractivity contribution < 1.29 is 27.5 Å². The van der Waals surface area contributed by atoms with Crippen molar-refractivity contribution in [1.29, 1.82) is 5.41 Å². The average molecular weight is 580 g/mol. The Morgan fingerprint density at radius 2 is 1.60 bits per heavy atom. The molecule has 1 fully saturated rings. The van der Waals surface area contributed by atoms with Gasteiger partial charge in [-0.3, -0.25) is 10.2 Å². The summed E-state index contributed by atoms with van der Waals surface area (Å²) in [6.45, 7) is 17.0. The minimum atomic E-state index is -3.98. The highest BCUT2D eigenvalue weighted by atomic mass is 32.2. The molecule has 2 heterocycles. The molecular formula is C28H45N5O6S. The van der Waals surface area contributed by atoms with E-state index in [1.54, 1.807) is 23.6 Å². The molecule has 3 N–H and O–H groups in total. The molecular weight excluding hydrogens is 534 g/mol. The maximum Gasteiger partial charge on any atom is 0.410 e. The van der Waals surface area contributed by atoms with Crippen molar-refractivity contribution in [2.24, 2.45) is 0 Å². The first-order valence-corrected chi connectivity index (χ1v) is 15.3. The summed E-state index contributed by atoms with van der Waals surface area (Å²) in [5.41, 5.74) is 1.99. The number of unbranched alkanes of at least 4 members (excludes halogenated alkanes) is 1. The van der Waals surface area contributed by atoms with Gasteiger partial charge in [0.2, 0.25) is 11.9 Å². The molecule has 0 atom stereocenters. The largest absolute Gasteiger partial charge is 0.487 e. The van der Waals surface area contributed by atoms with E-state index in [1.807, 2.05) is 41.5 Å². The molecule has 0 aliphatic carbocycles. The number of carbonyl (C=O) groups is 2. The number of piperazine rings is 1. The van der Waals surface area contributed by atoms with Crippen molar-refractivity contribution >= 4 is 28.0 Å². The number of carbonyl (C=O) groups excluding carboxylic acids is 2. The van der Waals surface area contributed by atoms with Crippen LogP contribution in [0.3, 0.4) is 0 Å². The van der Waals surface area contributed by atoms with Crippen LogP contribution in [0.4, 0.5) is 4.79 Å². The van der Waals surface area contributed by atoms with Gasteiger partial charge in [0.05, 0.1) is 4.90 Å². The molecule has 224 valence electrons. The average Bonchev–Trinajstić information content (AvgIpc) is 3.16. The van der Waals surface area contributed by atoms with E-state index in [2.05, 4.69) is 10.0 Å². The summed E-state index contributed by atoms with van der Waals surface area (Å²) >= 11 is 0. The second kappa shape index (κ2) is 11.8. The Morgan fingerprint density at radius 3 is 2.20 bits per heavy atom. The Morgan fingerprint density at radius 1 is 1.00 bits per heavy atom. The van der Waals surface area contributed by atoms with E-state index in [0.717, 1.165) is 16.9 Å². The second-order valence-electron chi connectivity index (χ2n) is 12.3. The van der Waals surface area contributed by atoms with Gasteiger partial charge in [0.1, 0.15) is 17.0 Å². The number of guanidine groups is 1. The number of nitrogens with one attached hydrogen (secondary N) is 3. The maximum absolute atomic E-state index is 13.3. The summed E-state index contributed by atoms with van der Waals surface area (Å²) in [7, 11) is -3.98. The van der Waals surface area contributed by atoms with Crippen LogP contribution in [0.1, 0.15) is 76.1 Å². The third kappa shape index (κ3) is 7.58. The second-order valence-corrected chi connectivity index (χ2v) is 13.9. The summed E-state index contributed by atoms with van der Waals surface area (Å²) < 4.78 is 40.4. The van der Waals surface area contributed by atoms with Crippen molar-refractivity contribution in [3.8, 4) is 5.75 Å². The fourth-order valence-corrected chi connectivity index (χ4v) is 6.63. The van der Waals surface area contributed by atoms with Gasteiger partial charge in [-0.05, 0) is 84.9 Å². The van der Waals surface area contributed by atoms with Crippen LogP contribution in [0.15, 0.2) is 4.90 Å². The fraction of sp³-hybridized carbons (Fsp3) is 0.679. The molecule has 0 unspecified atom stereocenters. The molecule has 1 aromatic rings. The summed E-state index contributed by atoms with van der Waals surface area (Å²) in [5.74, 6) is 0.467. The zero-order chi connectivity index (χ0) is 30.0. The van der Waals surface area contributed by atoms with Gasteiger partial charge in [0.25, 0.3) is 10.0 Å². The summed E-state index contributed by atoms with van der Waals surface area (Å²) in [6.07, 6.45) is 1.79. The van der Waals surface area contributed by atoms with E-state index in [-0.39, 0.29) is 22.9 Å². The van der Waals surface area contributed by atoms with Crippen LogP contribution in [0.5, 0.6) is 5.75 Å². The normalized spacial score (nSPS) is 16.7. The van der Waals surface area contributed by atoms with E-state index in [4.69, 9.17) is 14.9 Å². The monoisotopic (exact) mass is 579 g/mol. The van der Waals surface area contributed by atoms with Crippen molar-refractivity contribution in [1.82, 2.24) is 19.8 Å². The van der Waals surface area contributed by atoms with Crippen molar-refractivity contribution in [2.45, 2.75) is 97.2 Å². The lowest BCUT2D eigenvalue weighted by Gasteiger charge is -2.35. The number of sulfonamides is 1. The Labute approximate surface area is 238 Å². The molecule has 0 spiro atoms. The molecule has 1 aromatic carbocycles. The molecule has 12 heteroatoms. The predicted molar refractivity (Wildman–Crippen MR) is 153 cm³/mol. The topological polar surface area (TPSA) is 141 Å². The molecule has 2 aliphatic rings. The standard InChI is InChI=1S/C28H45N5O6S/c1-18-19(2)24(20(3)21-17-28(7,8)38-23(18)21)40(36,37)31-25(29)30-12-10-9-11-22(34)32-13-15-33(16-14-32)26(35)39-27(4,5)6/h9-17H2,1-8H3,(H3,29,30,31). The predicted octanol–water partition coefficient (Wildman–Crippen LogP) is 3.38. The van der Waals surface area contributed by atoms with Gasteiger partial charge in [-0.1, -0.05) is 0 Å². The Balaban J connectivity index is 1.43. The van der Waals surface area contributed by atoms with Gasteiger partial charge < -0.3 is 24.6 Å². The van der Waals surface area contributed by atoms with E-state index < -0.39 is 21.2 Å². The first-order valence-electron chi connectivity index (χ1n) is 13.8. The lowest BCUT2D eigenvalue weighted by Crippen LogP contribution is -2.51. The molecule has 2 amide bonds. The first-order chi connectivity index (χ1) is 18.4. The SMILES string of the molecule is Cc1c(C)c(S(=O)(=O)NC(=N)NCCCCC(=O)N2CCN(C(=O)OC(C)(C)C)CC2)c(C)c2c1OC(C)(C)C2. The summed E-state index contributed by atoms with van der Waals surface area (Å²) in [4.78, 5) is 28.3. The van der Waals surface area contributed by atoms with Crippen LogP contribution in [0.25, 0.3) is 0 Å². The van der Waals surface area contributed by atoms with Crippen molar-refractivity contribution in [3.05, 3.63) is 22.3 Å². The lowest BCUT2D eigenvalue weighted by molar-refractivity contribution is -0.133. The van der Waals surface area contributed by atoms with Crippen LogP contribution in [0, 0.1) is 26.2 Å². The molecule has 0 bridgehead atoms. The zero-order valence-corrected chi connectivity index (χ0v) is 25.9. The van der Waals surface area contributed by atoms with Gasteiger partial charge in [-0.2, -0.15) is 0 Å². The van der Waals surface area contributed by atoms with Crippen LogP contribution in [-0.4, -0.2) is 80.1 Å². The number of amides is 2. The van der Waals surface area contributed by atoms with Crippen LogP contribution >= 0.6 is 0 Å². The van der Waals surface area contributed by atoms with Gasteiger partial charge in [0.15, 0.2) is 0 Å². The third-order valence-corrected chi connectivity index (χ3v) is 8.82. The number of hydrogen-bond donors (Lipinski definition) is 3. The molecule has 1 saturated heterocycles. The van der Waals surface area contributed by atoms with Crippen LogP contribution in [0.2, 0.25) is 0 Å². The van der Waals surface area contributed by atoms with Crippen LogP contribution in [-0.2, 0) is 26.0 Å².